The zero-order valence-corrected chi connectivity index (χ0v) is 41.0. The number of hydrogen-bond acceptors (Lipinski definition) is 10. The number of nitrogens with one attached hydrogen (secondary N) is 1. The SMILES string of the molecule is CC(=O)N1CCc2c(c(N3CCCc4cc(-c5cnn(C)c5)c(C(F)F)cc43)nn2C2CCC3(CCCN(c4ncc(C(=O)NC5C(C)(C)C(Oc6ccc(C#N)c(Cl)c6)C5(C)C)cn4)C3)CC2)C1. The number of aryl methyl sites for hydroxylation is 2. The Kier molecular flexibility index (Phi) is 12.0. The summed E-state index contributed by atoms with van der Waals surface area (Å²) in [6.07, 6.45) is 12.1. The number of nitriles is 1. The highest BCUT2D eigenvalue weighted by Gasteiger charge is 2.64. The molecular formula is C52H60ClF2N11O3. The number of hydrogen-bond donors (Lipinski definition) is 1. The molecule has 1 N–H and O–H groups in total. The van der Waals surface area contributed by atoms with Gasteiger partial charge in [0.2, 0.25) is 11.9 Å². The van der Waals surface area contributed by atoms with Crippen LogP contribution in [0.5, 0.6) is 5.75 Å². The van der Waals surface area contributed by atoms with Crippen LogP contribution in [0.2, 0.25) is 5.02 Å². The summed E-state index contributed by atoms with van der Waals surface area (Å²) in [6.45, 7) is 13.3. The lowest BCUT2D eigenvalue weighted by Crippen LogP contribution is -2.74. The van der Waals surface area contributed by atoms with Gasteiger partial charge >= 0.3 is 0 Å². The van der Waals surface area contributed by atoms with Gasteiger partial charge in [-0.15, -0.1) is 0 Å². The molecule has 5 aromatic rings. The van der Waals surface area contributed by atoms with Gasteiger partial charge in [0.25, 0.3) is 12.3 Å². The highest BCUT2D eigenvalue weighted by Crippen LogP contribution is 2.56. The van der Waals surface area contributed by atoms with Gasteiger partial charge in [-0.05, 0) is 92.2 Å². The van der Waals surface area contributed by atoms with Crippen molar-refractivity contribution in [2.24, 2.45) is 23.3 Å². The Morgan fingerprint density at radius 2 is 1.72 bits per heavy atom. The molecule has 1 saturated heterocycles. The Hall–Kier alpha value is -6.08. The summed E-state index contributed by atoms with van der Waals surface area (Å²) < 4.78 is 39.9. The van der Waals surface area contributed by atoms with Crippen LogP contribution in [0.1, 0.15) is 130 Å². The molecule has 0 radical (unpaired) electrons. The molecule has 0 atom stereocenters. The van der Waals surface area contributed by atoms with Gasteiger partial charge in [0.15, 0.2) is 5.82 Å². The van der Waals surface area contributed by atoms with E-state index < -0.39 is 17.3 Å². The quantitative estimate of drug-likeness (QED) is 0.151. The molecule has 69 heavy (non-hydrogen) atoms. The van der Waals surface area contributed by atoms with Crippen molar-refractivity contribution in [2.45, 2.75) is 124 Å². The van der Waals surface area contributed by atoms with Crippen LogP contribution in [0, 0.1) is 27.6 Å². The Balaban J connectivity index is 0.823. The third kappa shape index (κ3) is 8.38. The van der Waals surface area contributed by atoms with Crippen molar-refractivity contribution in [1.29, 1.82) is 5.26 Å². The molecule has 3 aliphatic heterocycles. The zero-order chi connectivity index (χ0) is 48.6. The van der Waals surface area contributed by atoms with E-state index in [0.717, 1.165) is 92.8 Å². The normalized spacial score (nSPS) is 21.6. The molecule has 2 aliphatic carbocycles. The fourth-order valence-electron chi connectivity index (χ4n) is 12.7. The van der Waals surface area contributed by atoms with Gasteiger partial charge in [-0.2, -0.15) is 15.5 Å². The first-order chi connectivity index (χ1) is 33.0. The van der Waals surface area contributed by atoms with Crippen LogP contribution in [-0.2, 0) is 31.2 Å². The molecule has 362 valence electrons. The minimum Gasteiger partial charge on any atom is -0.489 e. The van der Waals surface area contributed by atoms with Gasteiger partial charge in [0.05, 0.1) is 34.9 Å². The predicted octanol–water partition coefficient (Wildman–Crippen LogP) is 9.54. The van der Waals surface area contributed by atoms with Crippen LogP contribution in [0.15, 0.2) is 55.1 Å². The molecule has 6 heterocycles. The van der Waals surface area contributed by atoms with Gasteiger partial charge in [0.1, 0.15) is 17.9 Å². The van der Waals surface area contributed by atoms with Crippen LogP contribution in [-0.4, -0.2) is 84.6 Å². The van der Waals surface area contributed by atoms with Crippen molar-refractivity contribution < 1.29 is 23.1 Å². The largest absolute Gasteiger partial charge is 0.489 e. The van der Waals surface area contributed by atoms with E-state index in [-0.39, 0.29) is 41.0 Å². The van der Waals surface area contributed by atoms with Gasteiger partial charge in [0, 0.05) is 116 Å². The number of rotatable bonds is 9. The average molecular weight is 961 g/mol. The second kappa shape index (κ2) is 17.7. The number of anilines is 3. The first-order valence-electron chi connectivity index (χ1n) is 24.3. The van der Waals surface area contributed by atoms with Crippen LogP contribution < -0.4 is 19.9 Å². The lowest BCUT2D eigenvalue weighted by Gasteiger charge is -2.63. The molecule has 3 fully saturated rings. The monoisotopic (exact) mass is 959 g/mol. The summed E-state index contributed by atoms with van der Waals surface area (Å²) in [5.41, 5.74) is 5.12. The van der Waals surface area contributed by atoms with E-state index in [0.29, 0.717) is 65.0 Å². The topological polar surface area (TPSA) is 150 Å². The number of carbonyl (C=O) groups excluding carboxylic acids is 2. The second-order valence-corrected chi connectivity index (χ2v) is 21.6. The van der Waals surface area contributed by atoms with Crippen LogP contribution in [0.4, 0.5) is 26.2 Å². The number of benzene rings is 2. The number of alkyl halides is 2. The molecule has 2 aromatic carbocycles. The fraction of sp³-hybridized carbons (Fsp3) is 0.519. The third-order valence-corrected chi connectivity index (χ3v) is 16.3. The van der Waals surface area contributed by atoms with E-state index in [1.807, 2.05) is 11.0 Å². The maximum absolute atomic E-state index is 14.8. The Morgan fingerprint density at radius 3 is 2.39 bits per heavy atom. The number of ether oxygens (including phenoxy) is 1. The molecule has 10 rings (SSSR count). The van der Waals surface area contributed by atoms with Crippen molar-refractivity contribution in [2.75, 3.05) is 36.0 Å². The van der Waals surface area contributed by atoms with Crippen molar-refractivity contribution in [1.82, 2.24) is 39.7 Å². The van der Waals surface area contributed by atoms with Gasteiger partial charge in [-0.25, -0.2) is 18.7 Å². The molecule has 0 bridgehead atoms. The minimum absolute atomic E-state index is 0.0120. The number of aromatic nitrogens is 6. The number of nitrogens with zero attached hydrogens (tertiary/aromatic N) is 10. The van der Waals surface area contributed by atoms with Gasteiger partial charge < -0.3 is 24.8 Å². The Bertz CT molecular complexity index is 2830. The smallest absolute Gasteiger partial charge is 0.264 e. The maximum Gasteiger partial charge on any atom is 0.264 e. The number of halogens is 3. The lowest BCUT2D eigenvalue weighted by molar-refractivity contribution is -0.164. The molecule has 5 aliphatic rings. The van der Waals surface area contributed by atoms with E-state index in [2.05, 4.69) is 58.7 Å². The lowest BCUT2D eigenvalue weighted by atomic mass is 9.49. The van der Waals surface area contributed by atoms with Crippen LogP contribution in [0.3, 0.4) is 0 Å². The van der Waals surface area contributed by atoms with Crippen LogP contribution >= 0.6 is 11.6 Å². The molecule has 3 aromatic heterocycles. The molecule has 17 heteroatoms. The van der Waals surface area contributed by atoms with Crippen molar-refractivity contribution in [3.8, 4) is 22.9 Å². The maximum atomic E-state index is 14.8. The summed E-state index contributed by atoms with van der Waals surface area (Å²) in [5, 5.41) is 22.5. The van der Waals surface area contributed by atoms with E-state index in [1.165, 1.54) is 0 Å². The molecule has 1 spiro atoms. The molecule has 14 nitrogen and oxygen atoms in total. The highest BCUT2D eigenvalue weighted by molar-refractivity contribution is 6.31. The van der Waals surface area contributed by atoms with Crippen molar-refractivity contribution >= 4 is 40.9 Å². The first-order valence-corrected chi connectivity index (χ1v) is 24.7. The number of amides is 2. The fourth-order valence-corrected chi connectivity index (χ4v) is 12.9. The van der Waals surface area contributed by atoms with Gasteiger partial charge in [-0.1, -0.05) is 39.3 Å². The summed E-state index contributed by atoms with van der Waals surface area (Å²) in [5.74, 6) is 1.74. The summed E-state index contributed by atoms with van der Waals surface area (Å²) in [6, 6.07) is 10.7. The number of fused-ring (bicyclic) bond motifs is 2. The standard InChI is InChI=1S/C52H60ClF2N11O3/c1-31(67)63-20-14-42-40(29-63)45(65-19-7-9-32-21-38(35-27-59-62(6)28-35)39(44(54)55)23-43(32)65)61-66(42)36-12-16-52(17-13-36)15-8-18-64(30-52)49-57-25-34(26-58-49)46(68)60-47-50(2,3)48(51(47,4)5)69-37-11-10-33(24-56)41(53)22-37/h10-11,21-23,25-28,36,44,47-48H,7-9,12-20,29-30H2,1-6H3,(H,60,68). The Morgan fingerprint density at radius 1 is 0.971 bits per heavy atom. The predicted molar refractivity (Wildman–Crippen MR) is 259 cm³/mol. The van der Waals surface area contributed by atoms with Crippen molar-refractivity contribution in [3.63, 3.8) is 0 Å². The van der Waals surface area contributed by atoms with Gasteiger partial charge in [-0.3, -0.25) is 19.0 Å². The first kappa shape index (κ1) is 46.6. The molecule has 0 unspecified atom stereocenters. The molecule has 2 saturated carbocycles. The average Bonchev–Trinajstić information content (AvgIpc) is 3.95. The molecular weight excluding hydrogens is 900 g/mol. The van der Waals surface area contributed by atoms with E-state index >= 15 is 0 Å². The van der Waals surface area contributed by atoms with E-state index in [1.54, 1.807) is 67.7 Å². The zero-order valence-electron chi connectivity index (χ0n) is 40.2. The third-order valence-electron chi connectivity index (χ3n) is 16.0. The summed E-state index contributed by atoms with van der Waals surface area (Å²) in [7, 11) is 1.79. The highest BCUT2D eigenvalue weighted by atomic mass is 35.5. The van der Waals surface area contributed by atoms with E-state index in [4.69, 9.17) is 31.4 Å². The van der Waals surface area contributed by atoms with Crippen LogP contribution in [0.25, 0.3) is 11.1 Å². The van der Waals surface area contributed by atoms with E-state index in [9.17, 15) is 23.6 Å². The summed E-state index contributed by atoms with van der Waals surface area (Å²) >= 11 is 6.29. The Labute approximate surface area is 407 Å². The molecule has 2 amide bonds. The number of piperidine rings is 1. The minimum atomic E-state index is -2.67. The van der Waals surface area contributed by atoms with Crippen molar-refractivity contribution in [3.05, 3.63) is 93.7 Å². The second-order valence-electron chi connectivity index (χ2n) is 21.2. The number of carbonyl (C=O) groups is 2. The summed E-state index contributed by atoms with van der Waals surface area (Å²) in [4.78, 5) is 42.2.